The number of halogens is 2. The Morgan fingerprint density at radius 1 is 1.10 bits per heavy atom. The van der Waals surface area contributed by atoms with Gasteiger partial charge in [0.05, 0.1) is 24.1 Å². The van der Waals surface area contributed by atoms with Crippen LogP contribution in [0, 0.1) is 0 Å². The number of hydrogen-bond acceptors (Lipinski definition) is 5. The Balaban J connectivity index is 1.81. The number of aromatic amines is 1. The Labute approximate surface area is 182 Å². The Hall–Kier alpha value is -2.90. The maximum absolute atomic E-state index is 12.3. The second-order valence-corrected chi connectivity index (χ2v) is 7.37. The highest BCUT2D eigenvalue weighted by atomic mass is 35.5. The second-order valence-electron chi connectivity index (χ2n) is 6.53. The van der Waals surface area contributed by atoms with Gasteiger partial charge in [-0.05, 0) is 36.8 Å². The molecule has 1 amide bonds. The molecule has 0 aliphatic carbocycles. The smallest absolute Gasteiger partial charge is 0.306 e. The fourth-order valence-electron chi connectivity index (χ4n) is 2.95. The molecule has 0 saturated heterocycles. The van der Waals surface area contributed by atoms with Crippen molar-refractivity contribution in [3.05, 3.63) is 68.1 Å². The van der Waals surface area contributed by atoms with Crippen LogP contribution in [-0.2, 0) is 20.7 Å². The van der Waals surface area contributed by atoms with Crippen LogP contribution in [0.15, 0.2) is 41.2 Å². The quantitative estimate of drug-likeness (QED) is 0.530. The molecule has 0 atom stereocenters. The van der Waals surface area contributed by atoms with E-state index in [-0.39, 0.29) is 30.9 Å². The van der Waals surface area contributed by atoms with Gasteiger partial charge in [-0.1, -0.05) is 35.3 Å². The van der Waals surface area contributed by atoms with Crippen molar-refractivity contribution < 1.29 is 14.3 Å². The fourth-order valence-corrected chi connectivity index (χ4v) is 3.43. The molecule has 0 saturated carbocycles. The summed E-state index contributed by atoms with van der Waals surface area (Å²) >= 11 is 12.2. The third-order valence-electron chi connectivity index (χ3n) is 4.39. The summed E-state index contributed by atoms with van der Waals surface area (Å²) in [6, 6.07) is 10.2. The summed E-state index contributed by atoms with van der Waals surface area (Å²) in [4.78, 5) is 35.7. The maximum atomic E-state index is 12.3. The van der Waals surface area contributed by atoms with Crippen molar-refractivity contribution >= 4 is 51.5 Å². The zero-order valence-corrected chi connectivity index (χ0v) is 17.6. The molecule has 3 aromatic rings. The fraction of sp³-hybridized carbons (Fsp3) is 0.238. The summed E-state index contributed by atoms with van der Waals surface area (Å²) in [5, 5.41) is 11.4. The first-order valence-corrected chi connectivity index (χ1v) is 10.0. The van der Waals surface area contributed by atoms with E-state index in [2.05, 4.69) is 15.5 Å². The van der Waals surface area contributed by atoms with Crippen molar-refractivity contribution in [1.29, 1.82) is 0 Å². The summed E-state index contributed by atoms with van der Waals surface area (Å²) in [6.07, 6.45) is 0.377. The van der Waals surface area contributed by atoms with Crippen molar-refractivity contribution in [1.82, 2.24) is 10.2 Å². The van der Waals surface area contributed by atoms with E-state index in [9.17, 15) is 14.4 Å². The Kier molecular flexibility index (Phi) is 7.07. The van der Waals surface area contributed by atoms with Crippen LogP contribution in [0.3, 0.4) is 0 Å². The van der Waals surface area contributed by atoms with Gasteiger partial charge in [0.1, 0.15) is 0 Å². The molecule has 0 unspecified atom stereocenters. The molecule has 7 nitrogen and oxygen atoms in total. The molecule has 9 heteroatoms. The molecule has 1 aromatic heterocycles. The number of amides is 1. The van der Waals surface area contributed by atoms with Crippen LogP contribution in [0.25, 0.3) is 10.8 Å². The van der Waals surface area contributed by atoms with Crippen LogP contribution in [0.5, 0.6) is 0 Å². The number of carbonyl (C=O) groups excluding carboxylic acids is 2. The third kappa shape index (κ3) is 5.37. The van der Waals surface area contributed by atoms with Crippen LogP contribution >= 0.6 is 23.2 Å². The molecule has 156 valence electrons. The van der Waals surface area contributed by atoms with Crippen LogP contribution < -0.4 is 10.9 Å². The number of hydrogen-bond donors (Lipinski definition) is 2. The van der Waals surface area contributed by atoms with E-state index in [4.69, 9.17) is 27.9 Å². The zero-order chi connectivity index (χ0) is 21.7. The van der Waals surface area contributed by atoms with Crippen molar-refractivity contribution in [3.8, 4) is 0 Å². The maximum Gasteiger partial charge on any atom is 0.306 e. The normalized spacial score (nSPS) is 10.8. The summed E-state index contributed by atoms with van der Waals surface area (Å²) < 4.78 is 4.80. The number of carbonyl (C=O) groups is 2. The largest absolute Gasteiger partial charge is 0.466 e. The van der Waals surface area contributed by atoms with Gasteiger partial charge < -0.3 is 10.1 Å². The van der Waals surface area contributed by atoms with Crippen LogP contribution in [0.4, 0.5) is 5.69 Å². The summed E-state index contributed by atoms with van der Waals surface area (Å²) in [5.74, 6) is -0.778. The van der Waals surface area contributed by atoms with E-state index in [0.29, 0.717) is 38.6 Å². The van der Waals surface area contributed by atoms with E-state index >= 15 is 0 Å². The van der Waals surface area contributed by atoms with E-state index in [1.165, 1.54) is 0 Å². The highest BCUT2D eigenvalue weighted by Crippen LogP contribution is 2.25. The summed E-state index contributed by atoms with van der Waals surface area (Å²) in [5.41, 5.74) is 1.52. The first-order valence-electron chi connectivity index (χ1n) is 9.28. The van der Waals surface area contributed by atoms with Crippen LogP contribution in [0.2, 0.25) is 10.0 Å². The van der Waals surface area contributed by atoms with Crippen LogP contribution in [-0.4, -0.2) is 28.7 Å². The first-order chi connectivity index (χ1) is 14.4. The third-order valence-corrected chi connectivity index (χ3v) is 4.97. The number of aromatic nitrogens is 2. The van der Waals surface area contributed by atoms with Gasteiger partial charge in [0.15, 0.2) is 0 Å². The van der Waals surface area contributed by atoms with Gasteiger partial charge in [-0.25, -0.2) is 5.10 Å². The number of nitrogens with zero attached hydrogens (tertiary/aromatic N) is 1. The highest BCUT2D eigenvalue weighted by Gasteiger charge is 2.12. The molecule has 1 heterocycles. The van der Waals surface area contributed by atoms with E-state index in [0.717, 1.165) is 5.56 Å². The summed E-state index contributed by atoms with van der Waals surface area (Å²) in [7, 11) is 0. The lowest BCUT2D eigenvalue weighted by molar-refractivity contribution is -0.144. The Morgan fingerprint density at radius 2 is 1.90 bits per heavy atom. The SMILES string of the molecule is CCOC(=O)CCC(=O)Nc1ccc2c(Cc3ccc(Cl)cc3Cl)n[nH]c(=O)c2c1. The van der Waals surface area contributed by atoms with E-state index in [1.807, 2.05) is 0 Å². The number of benzene rings is 2. The molecular weight excluding hydrogens is 429 g/mol. The van der Waals surface area contributed by atoms with Gasteiger partial charge in [0, 0.05) is 34.0 Å². The number of anilines is 1. The average Bonchev–Trinajstić information content (AvgIpc) is 2.71. The number of rotatable bonds is 7. The molecule has 2 aromatic carbocycles. The Morgan fingerprint density at radius 3 is 2.63 bits per heavy atom. The topological polar surface area (TPSA) is 101 Å². The van der Waals surface area contributed by atoms with E-state index in [1.54, 1.807) is 43.3 Å². The molecule has 0 aliphatic heterocycles. The van der Waals surface area contributed by atoms with E-state index < -0.39 is 5.97 Å². The minimum Gasteiger partial charge on any atom is -0.466 e. The predicted octanol–water partition coefficient (Wildman–Crippen LogP) is 4.10. The number of fused-ring (bicyclic) bond motifs is 1. The van der Waals surface area contributed by atoms with Crippen molar-refractivity contribution in [3.63, 3.8) is 0 Å². The number of nitrogens with one attached hydrogen (secondary N) is 2. The molecule has 0 aliphatic rings. The molecule has 0 bridgehead atoms. The lowest BCUT2D eigenvalue weighted by atomic mass is 10.0. The minimum atomic E-state index is -0.431. The van der Waals surface area contributed by atoms with Gasteiger partial charge in [-0.15, -0.1) is 0 Å². The molecular formula is C21H19Cl2N3O4. The standard InChI is InChI=1S/C21H19Cl2N3O4/c1-2-30-20(28)8-7-19(27)24-14-5-6-15-16(11-14)21(29)26-25-18(15)9-12-3-4-13(22)10-17(12)23/h3-6,10-11H,2,7-9H2,1H3,(H,24,27)(H,26,29). The first kappa shape index (κ1) is 21.8. The lowest BCUT2D eigenvalue weighted by Gasteiger charge is -2.09. The molecule has 2 N–H and O–H groups in total. The van der Waals surface area contributed by atoms with Crippen molar-refractivity contribution in [2.75, 3.05) is 11.9 Å². The van der Waals surface area contributed by atoms with Gasteiger partial charge in [0.25, 0.3) is 5.56 Å². The number of esters is 1. The molecule has 3 rings (SSSR count). The van der Waals surface area contributed by atoms with Crippen molar-refractivity contribution in [2.45, 2.75) is 26.2 Å². The monoisotopic (exact) mass is 447 g/mol. The van der Waals surface area contributed by atoms with Gasteiger partial charge in [-0.2, -0.15) is 5.10 Å². The van der Waals surface area contributed by atoms with Gasteiger partial charge in [0.2, 0.25) is 5.91 Å². The average molecular weight is 448 g/mol. The minimum absolute atomic E-state index is 0.0100. The molecule has 30 heavy (non-hydrogen) atoms. The number of ether oxygens (including phenoxy) is 1. The van der Waals surface area contributed by atoms with Gasteiger partial charge >= 0.3 is 5.97 Å². The number of H-pyrrole nitrogens is 1. The molecule has 0 spiro atoms. The molecule has 0 fully saturated rings. The van der Waals surface area contributed by atoms with Gasteiger partial charge in [-0.3, -0.25) is 14.4 Å². The predicted molar refractivity (Wildman–Crippen MR) is 116 cm³/mol. The van der Waals surface area contributed by atoms with Crippen molar-refractivity contribution in [2.24, 2.45) is 0 Å². The second kappa shape index (κ2) is 9.73. The molecule has 0 radical (unpaired) electrons. The summed E-state index contributed by atoms with van der Waals surface area (Å²) in [6.45, 7) is 1.97. The Bertz CT molecular complexity index is 1160. The highest BCUT2D eigenvalue weighted by molar-refractivity contribution is 6.35. The lowest BCUT2D eigenvalue weighted by Crippen LogP contribution is -2.16. The van der Waals surface area contributed by atoms with Crippen LogP contribution in [0.1, 0.15) is 31.0 Å². The zero-order valence-electron chi connectivity index (χ0n) is 16.1.